The topological polar surface area (TPSA) is 59.2 Å². The van der Waals surface area contributed by atoms with Crippen LogP contribution in [0, 0.1) is 6.92 Å². The normalized spacial score (nSPS) is 12.2. The van der Waals surface area contributed by atoms with Crippen molar-refractivity contribution < 1.29 is 9.32 Å². The van der Waals surface area contributed by atoms with Crippen LogP contribution in [0.3, 0.4) is 0 Å². The van der Waals surface area contributed by atoms with E-state index in [4.69, 9.17) is 4.52 Å². The Balaban J connectivity index is 2.08. The van der Waals surface area contributed by atoms with Gasteiger partial charge in [-0.05, 0) is 25.5 Å². The first kappa shape index (κ1) is 14.2. The van der Waals surface area contributed by atoms with E-state index in [1.54, 1.807) is 24.2 Å². The van der Waals surface area contributed by atoms with E-state index in [0.29, 0.717) is 5.76 Å². The zero-order chi connectivity index (χ0) is 14.5. The van der Waals surface area contributed by atoms with Crippen LogP contribution < -0.4 is 0 Å². The van der Waals surface area contributed by atoms with E-state index >= 15 is 0 Å². The highest BCUT2D eigenvalue weighted by atomic mass is 16.5. The molecule has 0 N–H and O–H groups in total. The molecule has 0 aromatic carbocycles. The fraction of sp³-hybridized carbons (Fsp3) is 0.400. The van der Waals surface area contributed by atoms with Crippen LogP contribution in [0.5, 0.6) is 0 Å². The number of carbonyl (C=O) groups is 1. The summed E-state index contributed by atoms with van der Waals surface area (Å²) in [7, 11) is 1.80. The third-order valence-electron chi connectivity index (χ3n) is 3.28. The molecule has 0 saturated carbocycles. The van der Waals surface area contributed by atoms with Crippen molar-refractivity contribution in [3.05, 3.63) is 47.6 Å². The average molecular weight is 273 g/mol. The standard InChI is InChI=1S/C15H19N3O2/c1-4-14(13-7-5-6-8-16-13)18(3)15(19)10-12-9-11(2)17-20-12/h5-9,14H,4,10H2,1-3H3/t14-/m0/s1. The minimum absolute atomic E-state index is 0.00125. The van der Waals surface area contributed by atoms with Gasteiger partial charge in [0.15, 0.2) is 0 Å². The maximum atomic E-state index is 12.3. The van der Waals surface area contributed by atoms with Gasteiger partial charge in [-0.15, -0.1) is 0 Å². The molecular weight excluding hydrogens is 254 g/mol. The number of nitrogens with zero attached hydrogens (tertiary/aromatic N) is 3. The molecule has 1 atom stereocenters. The molecule has 0 fully saturated rings. The summed E-state index contributed by atoms with van der Waals surface area (Å²) in [4.78, 5) is 18.4. The van der Waals surface area contributed by atoms with E-state index in [1.165, 1.54) is 0 Å². The largest absolute Gasteiger partial charge is 0.361 e. The van der Waals surface area contributed by atoms with E-state index in [0.717, 1.165) is 17.8 Å². The lowest BCUT2D eigenvalue weighted by Gasteiger charge is -2.26. The first-order valence-corrected chi connectivity index (χ1v) is 6.70. The second-order valence-electron chi connectivity index (χ2n) is 4.79. The number of aromatic nitrogens is 2. The van der Waals surface area contributed by atoms with Gasteiger partial charge < -0.3 is 9.42 Å². The monoisotopic (exact) mass is 273 g/mol. The van der Waals surface area contributed by atoms with Crippen LogP contribution in [-0.4, -0.2) is 28.0 Å². The SMILES string of the molecule is CC[C@@H](c1ccccn1)N(C)C(=O)Cc1cc(C)no1. The number of hydrogen-bond acceptors (Lipinski definition) is 4. The number of pyridine rings is 1. The predicted molar refractivity (Wildman–Crippen MR) is 75.0 cm³/mol. The van der Waals surface area contributed by atoms with Gasteiger partial charge in [0.1, 0.15) is 5.76 Å². The van der Waals surface area contributed by atoms with Crippen LogP contribution in [-0.2, 0) is 11.2 Å². The smallest absolute Gasteiger partial charge is 0.230 e. The van der Waals surface area contributed by atoms with Gasteiger partial charge in [-0.2, -0.15) is 0 Å². The summed E-state index contributed by atoms with van der Waals surface area (Å²) >= 11 is 0. The van der Waals surface area contributed by atoms with Gasteiger partial charge >= 0.3 is 0 Å². The van der Waals surface area contributed by atoms with Gasteiger partial charge in [0, 0.05) is 19.3 Å². The van der Waals surface area contributed by atoms with Gasteiger partial charge in [-0.3, -0.25) is 9.78 Å². The summed E-state index contributed by atoms with van der Waals surface area (Å²) in [6.45, 7) is 3.88. The number of likely N-dealkylation sites (N-methyl/N-ethyl adjacent to an activating group) is 1. The number of carbonyl (C=O) groups excluding carboxylic acids is 1. The Morgan fingerprint density at radius 3 is 2.80 bits per heavy atom. The highest BCUT2D eigenvalue weighted by Gasteiger charge is 2.22. The molecule has 0 aliphatic carbocycles. The zero-order valence-corrected chi connectivity index (χ0v) is 12.0. The Labute approximate surface area is 118 Å². The number of amides is 1. The number of rotatable bonds is 5. The van der Waals surface area contributed by atoms with Crippen LogP contribution >= 0.6 is 0 Å². The molecule has 0 aliphatic rings. The van der Waals surface area contributed by atoms with E-state index in [1.807, 2.05) is 32.0 Å². The third-order valence-corrected chi connectivity index (χ3v) is 3.28. The lowest BCUT2D eigenvalue weighted by Crippen LogP contribution is -2.32. The molecule has 0 spiro atoms. The Kier molecular flexibility index (Phi) is 4.50. The molecule has 5 nitrogen and oxygen atoms in total. The van der Waals surface area contributed by atoms with Gasteiger partial charge in [0.05, 0.1) is 23.9 Å². The molecule has 0 aliphatic heterocycles. The lowest BCUT2D eigenvalue weighted by atomic mass is 10.1. The first-order valence-electron chi connectivity index (χ1n) is 6.70. The minimum atomic E-state index is -0.0206. The minimum Gasteiger partial charge on any atom is -0.361 e. The highest BCUT2D eigenvalue weighted by Crippen LogP contribution is 2.21. The predicted octanol–water partition coefficient (Wildman–Crippen LogP) is 2.53. The van der Waals surface area contributed by atoms with Crippen LogP contribution in [0.2, 0.25) is 0 Å². The summed E-state index contributed by atoms with van der Waals surface area (Å²) in [5, 5.41) is 3.79. The molecule has 5 heteroatoms. The van der Waals surface area contributed by atoms with Crippen LogP contribution in [0.15, 0.2) is 35.0 Å². The number of hydrogen-bond donors (Lipinski definition) is 0. The molecule has 2 heterocycles. The highest BCUT2D eigenvalue weighted by molar-refractivity contribution is 5.78. The molecular formula is C15H19N3O2. The van der Waals surface area contributed by atoms with Crippen molar-refractivity contribution in [2.75, 3.05) is 7.05 Å². The van der Waals surface area contributed by atoms with Crippen molar-refractivity contribution in [2.45, 2.75) is 32.7 Å². The Morgan fingerprint density at radius 2 is 2.25 bits per heavy atom. The van der Waals surface area contributed by atoms with Crippen molar-refractivity contribution >= 4 is 5.91 Å². The van der Waals surface area contributed by atoms with E-state index in [9.17, 15) is 4.79 Å². The van der Waals surface area contributed by atoms with Crippen molar-refractivity contribution in [3.8, 4) is 0 Å². The van der Waals surface area contributed by atoms with E-state index in [-0.39, 0.29) is 18.4 Å². The summed E-state index contributed by atoms with van der Waals surface area (Å²) in [5.41, 5.74) is 1.69. The van der Waals surface area contributed by atoms with Gasteiger partial charge in [-0.25, -0.2) is 0 Å². The van der Waals surface area contributed by atoms with Crippen molar-refractivity contribution in [2.24, 2.45) is 0 Å². The summed E-state index contributed by atoms with van der Waals surface area (Å²) in [6, 6.07) is 7.51. The van der Waals surface area contributed by atoms with Gasteiger partial charge in [0.2, 0.25) is 5.91 Å². The maximum Gasteiger partial charge on any atom is 0.230 e. The molecule has 20 heavy (non-hydrogen) atoms. The summed E-state index contributed by atoms with van der Waals surface area (Å²) < 4.78 is 5.09. The average Bonchev–Trinajstić information content (AvgIpc) is 2.86. The Bertz CT molecular complexity index is 566. The van der Waals surface area contributed by atoms with Crippen LogP contribution in [0.4, 0.5) is 0 Å². The number of aryl methyl sites for hydroxylation is 1. The van der Waals surface area contributed by atoms with Gasteiger partial charge in [-0.1, -0.05) is 18.1 Å². The lowest BCUT2D eigenvalue weighted by molar-refractivity contribution is -0.131. The second kappa shape index (κ2) is 6.32. The third kappa shape index (κ3) is 3.23. The maximum absolute atomic E-state index is 12.3. The van der Waals surface area contributed by atoms with Crippen molar-refractivity contribution in [1.29, 1.82) is 0 Å². The van der Waals surface area contributed by atoms with E-state index in [2.05, 4.69) is 10.1 Å². The molecule has 0 unspecified atom stereocenters. The van der Waals surface area contributed by atoms with Crippen molar-refractivity contribution in [3.63, 3.8) is 0 Å². The molecule has 2 rings (SSSR count). The molecule has 0 radical (unpaired) electrons. The first-order chi connectivity index (χ1) is 9.61. The Hall–Kier alpha value is -2.17. The van der Waals surface area contributed by atoms with Crippen LogP contribution in [0.25, 0.3) is 0 Å². The zero-order valence-electron chi connectivity index (χ0n) is 12.0. The fourth-order valence-corrected chi connectivity index (χ4v) is 2.20. The summed E-state index contributed by atoms with van der Waals surface area (Å²) in [5.74, 6) is 0.592. The second-order valence-corrected chi connectivity index (χ2v) is 4.79. The summed E-state index contributed by atoms with van der Waals surface area (Å²) in [6.07, 6.45) is 2.78. The molecule has 106 valence electrons. The van der Waals surface area contributed by atoms with Gasteiger partial charge in [0.25, 0.3) is 0 Å². The fourth-order valence-electron chi connectivity index (χ4n) is 2.20. The molecule has 1 amide bonds. The molecule has 0 saturated heterocycles. The Morgan fingerprint density at radius 1 is 1.45 bits per heavy atom. The molecule has 0 bridgehead atoms. The van der Waals surface area contributed by atoms with Crippen molar-refractivity contribution in [1.82, 2.24) is 15.0 Å². The quantitative estimate of drug-likeness (QED) is 0.840. The molecule has 2 aromatic rings. The van der Waals surface area contributed by atoms with E-state index < -0.39 is 0 Å². The van der Waals surface area contributed by atoms with Crippen LogP contribution in [0.1, 0.15) is 36.5 Å². The molecule has 2 aromatic heterocycles.